The van der Waals surface area contributed by atoms with E-state index >= 15 is 0 Å². The Hall–Kier alpha value is -2.18. The molecule has 6 heteroatoms. The standard InChI is InChI=1S/C15H16N2O3S/c1-11(12-6-3-2-4-7-12)15(18)17-13-8-5-9-14(10-13)21(16,19)20/h2-11H,1H3,(H,17,18)(H2,16,19,20). The fourth-order valence-corrected chi connectivity index (χ4v) is 2.45. The first-order chi connectivity index (χ1) is 9.88. The highest BCUT2D eigenvalue weighted by molar-refractivity contribution is 7.89. The molecule has 1 unspecified atom stereocenters. The molecule has 2 aromatic carbocycles. The van der Waals surface area contributed by atoms with Gasteiger partial charge in [0.25, 0.3) is 0 Å². The van der Waals surface area contributed by atoms with Crippen molar-refractivity contribution in [2.75, 3.05) is 5.32 Å². The summed E-state index contributed by atoms with van der Waals surface area (Å²) in [7, 11) is -3.78. The molecule has 0 aliphatic heterocycles. The Balaban J connectivity index is 2.17. The largest absolute Gasteiger partial charge is 0.326 e. The van der Waals surface area contributed by atoms with E-state index in [2.05, 4.69) is 5.32 Å². The van der Waals surface area contributed by atoms with Crippen molar-refractivity contribution in [3.05, 3.63) is 60.2 Å². The number of rotatable bonds is 4. The molecule has 0 heterocycles. The van der Waals surface area contributed by atoms with Crippen LogP contribution < -0.4 is 10.5 Å². The Kier molecular flexibility index (Phi) is 4.40. The van der Waals surface area contributed by atoms with Gasteiger partial charge in [0.15, 0.2) is 0 Å². The summed E-state index contributed by atoms with van der Waals surface area (Å²) in [5, 5.41) is 7.76. The van der Waals surface area contributed by atoms with E-state index in [0.29, 0.717) is 5.69 Å². The van der Waals surface area contributed by atoms with Gasteiger partial charge >= 0.3 is 0 Å². The number of hydrogen-bond donors (Lipinski definition) is 2. The van der Waals surface area contributed by atoms with Crippen molar-refractivity contribution in [1.82, 2.24) is 0 Å². The fourth-order valence-electron chi connectivity index (χ4n) is 1.89. The zero-order valence-electron chi connectivity index (χ0n) is 11.5. The van der Waals surface area contributed by atoms with E-state index in [1.165, 1.54) is 18.2 Å². The van der Waals surface area contributed by atoms with Gasteiger partial charge in [0, 0.05) is 5.69 Å². The maximum atomic E-state index is 12.2. The fraction of sp³-hybridized carbons (Fsp3) is 0.133. The Bertz CT molecular complexity index is 743. The van der Waals surface area contributed by atoms with Crippen molar-refractivity contribution in [3.63, 3.8) is 0 Å². The van der Waals surface area contributed by atoms with E-state index < -0.39 is 10.0 Å². The summed E-state index contributed by atoms with van der Waals surface area (Å²) < 4.78 is 22.6. The molecule has 0 spiro atoms. The Morgan fingerprint density at radius 2 is 1.76 bits per heavy atom. The van der Waals surface area contributed by atoms with Crippen LogP contribution in [0.25, 0.3) is 0 Å². The third kappa shape index (κ3) is 3.90. The molecule has 0 saturated heterocycles. The quantitative estimate of drug-likeness (QED) is 0.906. The molecule has 2 aromatic rings. The highest BCUT2D eigenvalue weighted by atomic mass is 32.2. The maximum Gasteiger partial charge on any atom is 0.238 e. The second kappa shape index (κ2) is 6.07. The number of nitrogens with two attached hydrogens (primary N) is 1. The number of carbonyl (C=O) groups is 1. The molecule has 21 heavy (non-hydrogen) atoms. The summed E-state index contributed by atoms with van der Waals surface area (Å²) >= 11 is 0. The molecule has 1 atom stereocenters. The second-order valence-electron chi connectivity index (χ2n) is 4.69. The topological polar surface area (TPSA) is 89.3 Å². The molecule has 1 amide bonds. The van der Waals surface area contributed by atoms with Crippen molar-refractivity contribution in [2.24, 2.45) is 5.14 Å². The van der Waals surface area contributed by atoms with E-state index in [0.717, 1.165) is 5.56 Å². The van der Waals surface area contributed by atoms with Gasteiger partial charge in [0.1, 0.15) is 0 Å². The van der Waals surface area contributed by atoms with E-state index in [1.807, 2.05) is 30.3 Å². The zero-order chi connectivity index (χ0) is 15.5. The number of benzene rings is 2. The highest BCUT2D eigenvalue weighted by Crippen LogP contribution is 2.19. The molecule has 5 nitrogen and oxygen atoms in total. The number of nitrogens with one attached hydrogen (secondary N) is 1. The molecule has 110 valence electrons. The predicted octanol–water partition coefficient (Wildman–Crippen LogP) is 2.08. The first-order valence-corrected chi connectivity index (χ1v) is 7.91. The second-order valence-corrected chi connectivity index (χ2v) is 6.26. The first-order valence-electron chi connectivity index (χ1n) is 6.36. The molecule has 0 fully saturated rings. The van der Waals surface area contributed by atoms with Crippen LogP contribution in [-0.2, 0) is 14.8 Å². The van der Waals surface area contributed by atoms with Gasteiger partial charge < -0.3 is 5.32 Å². The number of carbonyl (C=O) groups excluding carboxylic acids is 1. The average Bonchev–Trinajstić information content (AvgIpc) is 2.47. The molecule has 3 N–H and O–H groups in total. The van der Waals surface area contributed by atoms with Crippen LogP contribution in [0.4, 0.5) is 5.69 Å². The van der Waals surface area contributed by atoms with Crippen LogP contribution in [0.2, 0.25) is 0 Å². The van der Waals surface area contributed by atoms with Gasteiger partial charge in [-0.3, -0.25) is 4.79 Å². The number of primary sulfonamides is 1. The van der Waals surface area contributed by atoms with Crippen LogP contribution in [0, 0.1) is 0 Å². The summed E-state index contributed by atoms with van der Waals surface area (Å²) in [5.74, 6) is -0.558. The lowest BCUT2D eigenvalue weighted by atomic mass is 10.0. The number of amides is 1. The summed E-state index contributed by atoms with van der Waals surface area (Å²) in [4.78, 5) is 12.1. The smallest absolute Gasteiger partial charge is 0.238 e. The Labute approximate surface area is 123 Å². The predicted molar refractivity (Wildman–Crippen MR) is 81.3 cm³/mol. The van der Waals surface area contributed by atoms with Crippen molar-refractivity contribution in [2.45, 2.75) is 17.7 Å². The van der Waals surface area contributed by atoms with E-state index in [-0.39, 0.29) is 16.7 Å². The molecular weight excluding hydrogens is 288 g/mol. The van der Waals surface area contributed by atoms with E-state index in [9.17, 15) is 13.2 Å². The first kappa shape index (κ1) is 15.2. The number of anilines is 1. The van der Waals surface area contributed by atoms with Crippen molar-refractivity contribution < 1.29 is 13.2 Å². The molecule has 0 bridgehead atoms. The molecular formula is C15H16N2O3S. The third-order valence-corrected chi connectivity index (χ3v) is 4.03. The van der Waals surface area contributed by atoms with Crippen molar-refractivity contribution in [3.8, 4) is 0 Å². The van der Waals surface area contributed by atoms with E-state index in [1.54, 1.807) is 13.0 Å². The molecule has 0 aliphatic rings. The Morgan fingerprint density at radius 1 is 1.10 bits per heavy atom. The molecule has 0 saturated carbocycles. The summed E-state index contributed by atoms with van der Waals surface area (Å²) in [5.41, 5.74) is 1.28. The number of sulfonamides is 1. The Morgan fingerprint density at radius 3 is 2.38 bits per heavy atom. The van der Waals surface area contributed by atoms with Crippen LogP contribution in [0.5, 0.6) is 0 Å². The molecule has 0 aromatic heterocycles. The summed E-state index contributed by atoms with van der Waals surface area (Å²) in [6, 6.07) is 15.2. The molecule has 0 radical (unpaired) electrons. The van der Waals surface area contributed by atoms with Crippen LogP contribution in [-0.4, -0.2) is 14.3 Å². The lowest BCUT2D eigenvalue weighted by Crippen LogP contribution is -2.19. The van der Waals surface area contributed by atoms with Crippen LogP contribution in [0.1, 0.15) is 18.4 Å². The third-order valence-electron chi connectivity index (χ3n) is 3.12. The molecule has 0 aliphatic carbocycles. The van der Waals surface area contributed by atoms with Crippen molar-refractivity contribution in [1.29, 1.82) is 0 Å². The van der Waals surface area contributed by atoms with Gasteiger partial charge in [0.2, 0.25) is 15.9 Å². The van der Waals surface area contributed by atoms with E-state index in [4.69, 9.17) is 5.14 Å². The normalized spacial score (nSPS) is 12.7. The van der Waals surface area contributed by atoms with Crippen molar-refractivity contribution >= 4 is 21.6 Å². The van der Waals surface area contributed by atoms with Crippen LogP contribution in [0.15, 0.2) is 59.5 Å². The van der Waals surface area contributed by atoms with Crippen LogP contribution >= 0.6 is 0 Å². The summed E-state index contributed by atoms with van der Waals surface area (Å²) in [6.45, 7) is 1.79. The maximum absolute atomic E-state index is 12.2. The molecule has 2 rings (SSSR count). The minimum Gasteiger partial charge on any atom is -0.326 e. The number of hydrogen-bond acceptors (Lipinski definition) is 3. The van der Waals surface area contributed by atoms with Crippen LogP contribution in [0.3, 0.4) is 0 Å². The van der Waals surface area contributed by atoms with Gasteiger partial charge in [-0.15, -0.1) is 0 Å². The zero-order valence-corrected chi connectivity index (χ0v) is 12.3. The van der Waals surface area contributed by atoms with Gasteiger partial charge in [-0.05, 0) is 30.7 Å². The average molecular weight is 304 g/mol. The SMILES string of the molecule is CC(C(=O)Nc1cccc(S(N)(=O)=O)c1)c1ccccc1. The lowest BCUT2D eigenvalue weighted by molar-refractivity contribution is -0.117. The van der Waals surface area contributed by atoms with Gasteiger partial charge in [-0.25, -0.2) is 13.6 Å². The van der Waals surface area contributed by atoms with Gasteiger partial charge in [0.05, 0.1) is 10.8 Å². The lowest BCUT2D eigenvalue weighted by Gasteiger charge is -2.13. The highest BCUT2D eigenvalue weighted by Gasteiger charge is 2.16. The monoisotopic (exact) mass is 304 g/mol. The minimum atomic E-state index is -3.78. The van der Waals surface area contributed by atoms with Gasteiger partial charge in [-0.1, -0.05) is 36.4 Å². The van der Waals surface area contributed by atoms with Gasteiger partial charge in [-0.2, -0.15) is 0 Å². The summed E-state index contributed by atoms with van der Waals surface area (Å²) in [6.07, 6.45) is 0. The minimum absolute atomic E-state index is 0.0346.